The van der Waals surface area contributed by atoms with Crippen LogP contribution in [0.1, 0.15) is 66.7 Å². The third-order valence-corrected chi connectivity index (χ3v) is 6.69. The second-order valence-corrected chi connectivity index (χ2v) is 9.89. The lowest BCUT2D eigenvalue weighted by atomic mass is 9.91. The predicted octanol–water partition coefficient (Wildman–Crippen LogP) is 6.86. The van der Waals surface area contributed by atoms with Gasteiger partial charge in [-0.2, -0.15) is 26.3 Å². The van der Waals surface area contributed by atoms with Crippen LogP contribution in [0.25, 0.3) is 0 Å². The normalized spacial score (nSPS) is 18.0. The number of ether oxygens (including phenoxy) is 3. The molecule has 0 radical (unpaired) electrons. The molecule has 1 aliphatic rings. The first kappa shape index (κ1) is 33.5. The number of rotatable bonds is 7. The third kappa shape index (κ3) is 9.22. The maximum atomic E-state index is 13.8. The average molecular weight is 623 g/mol. The first-order chi connectivity index (χ1) is 20.0. The molecule has 2 aromatic carbocycles. The molecule has 1 aliphatic heterocycles. The summed E-state index contributed by atoms with van der Waals surface area (Å²) in [5, 5.41) is 2.41. The summed E-state index contributed by atoms with van der Waals surface area (Å²) in [5.74, 6) is -1.08. The maximum Gasteiger partial charge on any atom is 0.416 e. The van der Waals surface area contributed by atoms with Crippen LogP contribution in [0.15, 0.2) is 36.4 Å². The highest BCUT2D eigenvalue weighted by molar-refractivity contribution is 5.70. The lowest BCUT2D eigenvalue weighted by Crippen LogP contribution is -2.45. The van der Waals surface area contributed by atoms with E-state index in [9.17, 15) is 45.1 Å². The summed E-state index contributed by atoms with van der Waals surface area (Å²) in [6, 6.07) is 3.88. The van der Waals surface area contributed by atoms with E-state index >= 15 is 0 Å². The number of carbonyl (C=O) groups is 3. The molecule has 0 saturated carbocycles. The number of hydrogen-bond acceptors (Lipinski definition) is 6. The van der Waals surface area contributed by atoms with Crippen molar-refractivity contribution in [2.45, 2.75) is 64.2 Å². The largest absolute Gasteiger partial charge is 0.464 e. The molecule has 1 saturated heterocycles. The predicted molar refractivity (Wildman–Crippen MR) is 136 cm³/mol. The fourth-order valence-electron chi connectivity index (χ4n) is 4.61. The number of alkyl carbamates (subject to hydrolysis) is 1. The molecule has 8 nitrogen and oxygen atoms in total. The molecular weight excluding hydrogens is 593 g/mol. The quantitative estimate of drug-likeness (QED) is 0.157. The number of carbonyl (C=O) groups excluding carboxylic acids is 3. The molecule has 2 amide bonds. The van der Waals surface area contributed by atoms with E-state index in [1.807, 2.05) is 0 Å². The van der Waals surface area contributed by atoms with Crippen molar-refractivity contribution in [3.05, 3.63) is 70.0 Å². The molecule has 1 N–H and O–H groups in total. The van der Waals surface area contributed by atoms with Crippen molar-refractivity contribution in [1.29, 1.82) is 0 Å². The van der Waals surface area contributed by atoms with Crippen molar-refractivity contribution in [3.8, 4) is 0 Å². The molecule has 3 atom stereocenters. The van der Waals surface area contributed by atoms with Gasteiger partial charge in [-0.05, 0) is 60.9 Å². The van der Waals surface area contributed by atoms with Crippen LogP contribution in [-0.2, 0) is 31.4 Å². The highest BCUT2D eigenvalue weighted by Crippen LogP contribution is 2.39. The van der Waals surface area contributed by atoms with Crippen LogP contribution in [0.3, 0.4) is 0 Å². The van der Waals surface area contributed by atoms with Crippen LogP contribution in [0.5, 0.6) is 0 Å². The fraction of sp³-hybridized carbons (Fsp3) is 0.464. The van der Waals surface area contributed by atoms with Crippen molar-refractivity contribution >= 4 is 18.2 Å². The van der Waals surface area contributed by atoms with Crippen LogP contribution < -0.4 is 5.32 Å². The van der Waals surface area contributed by atoms with E-state index in [1.165, 1.54) is 24.0 Å². The number of piperidine rings is 1. The lowest BCUT2D eigenvalue weighted by molar-refractivity contribution is -0.143. The lowest BCUT2D eigenvalue weighted by Gasteiger charge is -2.39. The molecule has 0 aliphatic carbocycles. The molecule has 0 spiro atoms. The molecule has 0 bridgehead atoms. The van der Waals surface area contributed by atoms with E-state index < -0.39 is 71.3 Å². The first-order valence-corrected chi connectivity index (χ1v) is 13.1. The van der Waals surface area contributed by atoms with Gasteiger partial charge in [0.05, 0.1) is 23.7 Å². The zero-order chi connectivity index (χ0) is 32.1. The summed E-state index contributed by atoms with van der Waals surface area (Å²) in [4.78, 5) is 37.6. The Labute approximate surface area is 242 Å². The Balaban J connectivity index is 1.81. The Kier molecular flexibility index (Phi) is 10.5. The van der Waals surface area contributed by atoms with Crippen molar-refractivity contribution in [1.82, 2.24) is 10.2 Å². The van der Waals surface area contributed by atoms with Gasteiger partial charge < -0.3 is 24.4 Å². The Hall–Kier alpha value is -4.04. The minimum absolute atomic E-state index is 0.0203. The number of halogens is 7. The summed E-state index contributed by atoms with van der Waals surface area (Å²) in [6.45, 7) is 3.75. The van der Waals surface area contributed by atoms with Gasteiger partial charge in [-0.1, -0.05) is 6.07 Å². The Bertz CT molecular complexity index is 1300. The van der Waals surface area contributed by atoms with E-state index in [-0.39, 0.29) is 38.6 Å². The minimum atomic E-state index is -5.08. The molecule has 43 heavy (non-hydrogen) atoms. The second kappa shape index (κ2) is 13.5. The van der Waals surface area contributed by atoms with Gasteiger partial charge in [-0.15, -0.1) is 0 Å². The zero-order valence-electron chi connectivity index (χ0n) is 23.3. The molecule has 15 heteroatoms. The topological polar surface area (TPSA) is 94.2 Å². The molecule has 236 valence electrons. The van der Waals surface area contributed by atoms with E-state index in [0.717, 1.165) is 13.0 Å². The number of hydrogen-bond donors (Lipinski definition) is 1. The summed E-state index contributed by atoms with van der Waals surface area (Å²) in [5.41, 5.74) is -2.72. The van der Waals surface area contributed by atoms with Crippen molar-refractivity contribution < 1.29 is 59.3 Å². The van der Waals surface area contributed by atoms with E-state index in [2.05, 4.69) is 5.32 Å². The van der Waals surface area contributed by atoms with E-state index in [4.69, 9.17) is 14.2 Å². The van der Waals surface area contributed by atoms with Gasteiger partial charge in [0.1, 0.15) is 24.6 Å². The SMILES string of the molecule is CC(=O)OCCNC(=O)O[C@H]1CCN(C(=O)O[C@@H](C)c2cc(C(F)(F)F)cc(C(F)(F)F)c2)[C@@H](c2ccc(F)cc2C)C1. The third-order valence-electron chi connectivity index (χ3n) is 6.69. The molecule has 1 fully saturated rings. The van der Waals surface area contributed by atoms with Crippen LogP contribution in [-0.4, -0.2) is 48.9 Å². The highest BCUT2D eigenvalue weighted by atomic mass is 19.4. The minimum Gasteiger partial charge on any atom is -0.464 e. The number of amides is 2. The molecule has 1 heterocycles. The van der Waals surface area contributed by atoms with Crippen molar-refractivity contribution in [2.75, 3.05) is 19.7 Å². The number of nitrogens with one attached hydrogen (secondary N) is 1. The van der Waals surface area contributed by atoms with Crippen LogP contribution >= 0.6 is 0 Å². The maximum absolute atomic E-state index is 13.8. The van der Waals surface area contributed by atoms with Gasteiger partial charge >= 0.3 is 30.5 Å². The monoisotopic (exact) mass is 622 g/mol. The van der Waals surface area contributed by atoms with Crippen LogP contribution in [0, 0.1) is 12.7 Å². The smallest absolute Gasteiger partial charge is 0.416 e. The van der Waals surface area contributed by atoms with E-state index in [1.54, 1.807) is 6.92 Å². The molecular formula is C28H29F7N2O6. The summed E-state index contributed by atoms with van der Waals surface area (Å²) in [6.07, 6.45) is -14.1. The number of esters is 1. The van der Waals surface area contributed by atoms with Crippen molar-refractivity contribution in [3.63, 3.8) is 0 Å². The number of aryl methyl sites for hydroxylation is 1. The Morgan fingerprint density at radius 3 is 2.21 bits per heavy atom. The van der Waals surface area contributed by atoms with Crippen molar-refractivity contribution in [2.24, 2.45) is 0 Å². The summed E-state index contributed by atoms with van der Waals surface area (Å²) < 4.78 is 109. The first-order valence-electron chi connectivity index (χ1n) is 13.1. The molecule has 2 aromatic rings. The zero-order valence-corrected chi connectivity index (χ0v) is 23.3. The number of likely N-dealkylation sites (tertiary alicyclic amines) is 1. The van der Waals surface area contributed by atoms with Gasteiger partial charge in [-0.3, -0.25) is 4.79 Å². The van der Waals surface area contributed by atoms with Gasteiger partial charge in [0.15, 0.2) is 0 Å². The molecule has 0 unspecified atom stereocenters. The van der Waals surface area contributed by atoms with Gasteiger partial charge in [0, 0.05) is 26.3 Å². The van der Waals surface area contributed by atoms with Crippen LogP contribution in [0.4, 0.5) is 40.3 Å². The Morgan fingerprint density at radius 2 is 1.65 bits per heavy atom. The fourth-order valence-corrected chi connectivity index (χ4v) is 4.61. The average Bonchev–Trinajstić information content (AvgIpc) is 2.89. The van der Waals surface area contributed by atoms with Gasteiger partial charge in [0.25, 0.3) is 0 Å². The highest BCUT2D eigenvalue weighted by Gasteiger charge is 2.39. The summed E-state index contributed by atoms with van der Waals surface area (Å²) >= 11 is 0. The number of alkyl halides is 6. The summed E-state index contributed by atoms with van der Waals surface area (Å²) in [7, 11) is 0. The molecule has 0 aromatic heterocycles. The second-order valence-electron chi connectivity index (χ2n) is 9.89. The number of benzene rings is 2. The van der Waals surface area contributed by atoms with Gasteiger partial charge in [0.2, 0.25) is 0 Å². The number of nitrogens with zero attached hydrogens (tertiary/aromatic N) is 1. The standard InChI is InChI=1S/C28H29F7N2O6/c1-15-10-21(29)4-5-23(15)24-14-22(43-25(39)36-7-9-41-17(3)38)6-8-37(24)26(40)42-16(2)18-11-19(27(30,31)32)13-20(12-18)28(33,34)35/h4-5,10-13,16,22,24H,6-9,14H2,1-3H3,(H,36,39)/t16-,22-,24+/m0/s1. The van der Waals surface area contributed by atoms with E-state index in [0.29, 0.717) is 23.3 Å². The van der Waals surface area contributed by atoms with Crippen LogP contribution in [0.2, 0.25) is 0 Å². The van der Waals surface area contributed by atoms with Gasteiger partial charge in [-0.25, -0.2) is 14.0 Å². The molecule has 3 rings (SSSR count). The Morgan fingerprint density at radius 1 is 1.02 bits per heavy atom.